The van der Waals surface area contributed by atoms with E-state index in [0.29, 0.717) is 35.9 Å². The second kappa shape index (κ2) is 7.84. The first-order chi connectivity index (χ1) is 15.1. The molecule has 1 aromatic carbocycles. The summed E-state index contributed by atoms with van der Waals surface area (Å²) in [5.74, 6) is 1.12. The van der Waals surface area contributed by atoms with Gasteiger partial charge in [-0.2, -0.15) is 4.98 Å². The molecule has 5 aromatic rings. The number of fused-ring (bicyclic) bond motifs is 3. The molecular weight excluding hydrogens is 412 g/mol. The molecule has 9 heteroatoms. The number of carbonyl (C=O) groups is 1. The number of aryl methyl sites for hydroxylation is 1. The summed E-state index contributed by atoms with van der Waals surface area (Å²) >= 11 is 1.58. The van der Waals surface area contributed by atoms with Crippen LogP contribution in [0.15, 0.2) is 52.5 Å². The number of nitrogens with one attached hydrogen (secondary N) is 2. The van der Waals surface area contributed by atoms with Crippen molar-refractivity contribution in [1.29, 1.82) is 0 Å². The summed E-state index contributed by atoms with van der Waals surface area (Å²) in [6, 6.07) is 11.7. The highest BCUT2D eigenvalue weighted by Gasteiger charge is 2.18. The first-order valence-corrected chi connectivity index (χ1v) is 10.7. The van der Waals surface area contributed by atoms with Gasteiger partial charge in [-0.3, -0.25) is 4.79 Å². The highest BCUT2D eigenvalue weighted by molar-refractivity contribution is 7.10. The normalized spacial score (nSPS) is 11.3. The summed E-state index contributed by atoms with van der Waals surface area (Å²) in [6.45, 7) is 0.437. The van der Waals surface area contributed by atoms with Gasteiger partial charge in [-0.05, 0) is 29.1 Å². The predicted molar refractivity (Wildman–Crippen MR) is 121 cm³/mol. The Hall–Kier alpha value is -3.72. The van der Waals surface area contributed by atoms with E-state index in [4.69, 9.17) is 9.40 Å². The van der Waals surface area contributed by atoms with Crippen molar-refractivity contribution in [3.05, 3.63) is 58.5 Å². The Morgan fingerprint density at radius 2 is 2.10 bits per heavy atom. The number of aromatic nitrogens is 4. The lowest BCUT2D eigenvalue weighted by molar-refractivity contribution is -0.120. The molecule has 0 aliphatic carbocycles. The molecule has 4 heterocycles. The summed E-state index contributed by atoms with van der Waals surface area (Å²) < 4.78 is 7.90. The second-order valence-corrected chi connectivity index (χ2v) is 8.20. The number of rotatable bonds is 6. The summed E-state index contributed by atoms with van der Waals surface area (Å²) in [5, 5.41) is 8.00. The monoisotopic (exact) mass is 432 g/mol. The highest BCUT2D eigenvalue weighted by Crippen LogP contribution is 2.31. The molecule has 0 atom stereocenters. The molecule has 4 aromatic heterocycles. The van der Waals surface area contributed by atoms with E-state index in [1.165, 1.54) is 0 Å². The van der Waals surface area contributed by atoms with Gasteiger partial charge in [0.2, 0.25) is 11.8 Å². The number of hydrogen-bond acceptors (Lipinski definition) is 7. The highest BCUT2D eigenvalue weighted by atomic mass is 32.1. The van der Waals surface area contributed by atoms with Crippen molar-refractivity contribution in [3.8, 4) is 11.5 Å². The molecule has 0 spiro atoms. The third-order valence-corrected chi connectivity index (χ3v) is 5.90. The standard InChI is InChI=1S/C22H20N6O2S/c1-23-20-17-19(28(2)12-25-17)18-22(27-20)30-21(26-18)14-6-3-5-13(9-14)11-24-16(29)10-15-7-4-8-31-15/h3-9,12H,10-11H2,1-2H3,(H,23,27)(H,24,29). The lowest BCUT2D eigenvalue weighted by atomic mass is 10.1. The molecule has 0 aliphatic rings. The molecule has 2 N–H and O–H groups in total. The number of imidazole rings is 1. The minimum atomic E-state index is -0.00268. The minimum absolute atomic E-state index is 0.00268. The number of anilines is 1. The van der Waals surface area contributed by atoms with Crippen LogP contribution in [0.4, 0.5) is 5.82 Å². The average molecular weight is 433 g/mol. The first-order valence-electron chi connectivity index (χ1n) is 9.80. The summed E-state index contributed by atoms with van der Waals surface area (Å²) in [7, 11) is 3.72. The Kier molecular flexibility index (Phi) is 4.87. The van der Waals surface area contributed by atoms with Crippen molar-refractivity contribution >= 4 is 45.3 Å². The van der Waals surface area contributed by atoms with Crippen LogP contribution in [-0.2, 0) is 24.8 Å². The molecular formula is C22H20N6O2S. The van der Waals surface area contributed by atoms with Crippen LogP contribution in [0.3, 0.4) is 0 Å². The molecule has 5 rings (SSSR count). The lowest BCUT2D eigenvalue weighted by Gasteiger charge is -2.05. The Morgan fingerprint density at radius 1 is 1.19 bits per heavy atom. The maximum atomic E-state index is 12.2. The Bertz CT molecular complexity index is 1390. The predicted octanol–water partition coefficient (Wildman–Crippen LogP) is 3.74. The molecule has 0 fully saturated rings. The fourth-order valence-electron chi connectivity index (χ4n) is 3.53. The van der Waals surface area contributed by atoms with Crippen LogP contribution < -0.4 is 10.6 Å². The molecule has 0 aliphatic heterocycles. The largest absolute Gasteiger partial charge is 0.418 e. The zero-order valence-corrected chi connectivity index (χ0v) is 17.9. The maximum Gasteiger partial charge on any atom is 0.251 e. The van der Waals surface area contributed by atoms with Crippen LogP contribution in [0.2, 0.25) is 0 Å². The van der Waals surface area contributed by atoms with Crippen LogP contribution in [0, 0.1) is 0 Å². The number of amides is 1. The number of oxazole rings is 1. The second-order valence-electron chi connectivity index (χ2n) is 7.17. The summed E-state index contributed by atoms with van der Waals surface area (Å²) in [5.41, 5.74) is 4.52. The number of carbonyl (C=O) groups excluding carboxylic acids is 1. The van der Waals surface area contributed by atoms with Crippen molar-refractivity contribution in [2.24, 2.45) is 7.05 Å². The molecule has 1 amide bonds. The van der Waals surface area contributed by atoms with E-state index in [0.717, 1.165) is 27.0 Å². The van der Waals surface area contributed by atoms with Gasteiger partial charge in [0.05, 0.1) is 12.7 Å². The molecule has 0 bridgehead atoms. The van der Waals surface area contributed by atoms with Gasteiger partial charge in [-0.15, -0.1) is 11.3 Å². The third kappa shape index (κ3) is 3.64. The van der Waals surface area contributed by atoms with Gasteiger partial charge in [0.15, 0.2) is 11.3 Å². The number of hydrogen-bond donors (Lipinski definition) is 2. The number of nitrogens with zero attached hydrogens (tertiary/aromatic N) is 4. The van der Waals surface area contributed by atoms with E-state index in [1.54, 1.807) is 24.7 Å². The number of benzene rings is 1. The van der Waals surface area contributed by atoms with E-state index >= 15 is 0 Å². The smallest absolute Gasteiger partial charge is 0.251 e. The Morgan fingerprint density at radius 3 is 2.90 bits per heavy atom. The summed E-state index contributed by atoms with van der Waals surface area (Å²) in [4.78, 5) is 26.9. The van der Waals surface area contributed by atoms with Gasteiger partial charge in [-0.1, -0.05) is 18.2 Å². The fraction of sp³-hybridized carbons (Fsp3) is 0.182. The molecule has 0 unspecified atom stereocenters. The van der Waals surface area contributed by atoms with E-state index < -0.39 is 0 Å². The Labute approximate surface area is 182 Å². The van der Waals surface area contributed by atoms with Crippen LogP contribution in [0.1, 0.15) is 10.4 Å². The van der Waals surface area contributed by atoms with E-state index in [-0.39, 0.29) is 5.91 Å². The average Bonchev–Trinajstić information content (AvgIpc) is 3.52. The fourth-order valence-corrected chi connectivity index (χ4v) is 4.23. The molecule has 0 saturated carbocycles. The van der Waals surface area contributed by atoms with Crippen molar-refractivity contribution < 1.29 is 9.21 Å². The van der Waals surface area contributed by atoms with E-state index in [2.05, 4.69) is 20.6 Å². The summed E-state index contributed by atoms with van der Waals surface area (Å²) in [6.07, 6.45) is 2.13. The maximum absolute atomic E-state index is 12.2. The molecule has 31 heavy (non-hydrogen) atoms. The van der Waals surface area contributed by atoms with Crippen LogP contribution >= 0.6 is 11.3 Å². The van der Waals surface area contributed by atoms with Crippen molar-refractivity contribution in [2.45, 2.75) is 13.0 Å². The van der Waals surface area contributed by atoms with Crippen LogP contribution in [0.5, 0.6) is 0 Å². The third-order valence-electron chi connectivity index (χ3n) is 5.02. The van der Waals surface area contributed by atoms with Gasteiger partial charge in [0, 0.05) is 31.1 Å². The Balaban J connectivity index is 1.42. The quantitative estimate of drug-likeness (QED) is 0.424. The van der Waals surface area contributed by atoms with Gasteiger partial charge in [0.1, 0.15) is 11.0 Å². The van der Waals surface area contributed by atoms with Gasteiger partial charge >= 0.3 is 0 Å². The van der Waals surface area contributed by atoms with Crippen molar-refractivity contribution in [3.63, 3.8) is 0 Å². The molecule has 0 radical (unpaired) electrons. The topological polar surface area (TPSA) is 97.9 Å². The number of thiophene rings is 1. The molecule has 8 nitrogen and oxygen atoms in total. The van der Waals surface area contributed by atoms with Crippen LogP contribution in [0.25, 0.3) is 33.7 Å². The van der Waals surface area contributed by atoms with Gasteiger partial charge in [-0.25, -0.2) is 9.97 Å². The van der Waals surface area contributed by atoms with E-state index in [9.17, 15) is 4.79 Å². The van der Waals surface area contributed by atoms with Crippen LogP contribution in [-0.4, -0.2) is 32.5 Å². The van der Waals surface area contributed by atoms with Crippen molar-refractivity contribution in [2.75, 3.05) is 12.4 Å². The molecule has 0 saturated heterocycles. The SMILES string of the molecule is CNc1nc2oc(-c3cccc(CNC(=O)Cc4cccs4)c3)nc2c2c1ncn2C. The van der Waals surface area contributed by atoms with Gasteiger partial charge in [0.25, 0.3) is 5.71 Å². The minimum Gasteiger partial charge on any atom is -0.418 e. The zero-order chi connectivity index (χ0) is 21.4. The molecule has 156 valence electrons. The lowest BCUT2D eigenvalue weighted by Crippen LogP contribution is -2.24. The zero-order valence-electron chi connectivity index (χ0n) is 17.0. The van der Waals surface area contributed by atoms with E-state index in [1.807, 2.05) is 53.4 Å². The first kappa shape index (κ1) is 19.3. The van der Waals surface area contributed by atoms with Gasteiger partial charge < -0.3 is 19.6 Å². The number of pyridine rings is 1. The van der Waals surface area contributed by atoms with Crippen molar-refractivity contribution in [1.82, 2.24) is 24.8 Å².